The maximum atomic E-state index is 12.3. The molecule has 1 fully saturated rings. The van der Waals surface area contributed by atoms with Gasteiger partial charge in [0.05, 0.1) is 6.10 Å². The van der Waals surface area contributed by atoms with Crippen molar-refractivity contribution in [1.29, 1.82) is 0 Å². The number of carbonyl (C=O) groups is 3. The van der Waals surface area contributed by atoms with Crippen LogP contribution in [0.2, 0.25) is 0 Å². The van der Waals surface area contributed by atoms with Crippen molar-refractivity contribution in [2.75, 3.05) is 13.1 Å². The lowest BCUT2D eigenvalue weighted by Gasteiger charge is -2.38. The van der Waals surface area contributed by atoms with Crippen LogP contribution in [0.5, 0.6) is 0 Å². The van der Waals surface area contributed by atoms with Crippen molar-refractivity contribution < 1.29 is 24.6 Å². The minimum absolute atomic E-state index is 0.320. The summed E-state index contributed by atoms with van der Waals surface area (Å²) in [6.07, 6.45) is -0.790. The number of hydrogen-bond donors (Lipinski definition) is 2. The van der Waals surface area contributed by atoms with Gasteiger partial charge in [0, 0.05) is 18.6 Å². The van der Waals surface area contributed by atoms with Gasteiger partial charge < -0.3 is 15.1 Å². The first-order valence-corrected chi connectivity index (χ1v) is 7.09. The predicted octanol–water partition coefficient (Wildman–Crippen LogP) is 0.706. The number of aliphatic hydroxyl groups excluding tert-OH is 1. The van der Waals surface area contributed by atoms with Gasteiger partial charge in [-0.3, -0.25) is 14.5 Å². The third kappa shape index (κ3) is 4.17. The number of rotatable bonds is 3. The molecule has 0 bridgehead atoms. The van der Waals surface area contributed by atoms with Gasteiger partial charge >= 0.3 is 6.09 Å². The zero-order valence-electron chi connectivity index (χ0n) is 13.0. The third-order valence-electron chi connectivity index (χ3n) is 3.66. The van der Waals surface area contributed by atoms with Gasteiger partial charge in [-0.25, -0.2) is 4.79 Å². The Hall–Kier alpha value is -1.63. The topological polar surface area (TPSA) is 98.2 Å². The molecule has 0 unspecified atom stereocenters. The largest absolute Gasteiger partial charge is 0.465 e. The molecule has 1 rings (SSSR count). The minimum Gasteiger partial charge on any atom is -0.465 e. The van der Waals surface area contributed by atoms with Crippen molar-refractivity contribution in [1.82, 2.24) is 9.80 Å². The Kier molecular flexibility index (Phi) is 5.33. The van der Waals surface area contributed by atoms with E-state index >= 15 is 0 Å². The van der Waals surface area contributed by atoms with Gasteiger partial charge in [-0.1, -0.05) is 0 Å². The second-order valence-corrected chi connectivity index (χ2v) is 6.39. The van der Waals surface area contributed by atoms with Crippen molar-refractivity contribution in [2.45, 2.75) is 58.2 Å². The number of aliphatic hydroxyl groups is 1. The van der Waals surface area contributed by atoms with Gasteiger partial charge in [-0.2, -0.15) is 0 Å². The fourth-order valence-electron chi connectivity index (χ4n) is 2.55. The molecule has 0 saturated carbocycles. The van der Waals surface area contributed by atoms with Gasteiger partial charge in [-0.15, -0.1) is 0 Å². The fraction of sp³-hybridized carbons (Fsp3) is 0.786. The van der Waals surface area contributed by atoms with E-state index in [4.69, 9.17) is 0 Å². The Bertz CT molecular complexity index is 422. The summed E-state index contributed by atoms with van der Waals surface area (Å²) >= 11 is 0. The monoisotopic (exact) mass is 300 g/mol. The number of hydrogen-bond acceptors (Lipinski definition) is 4. The van der Waals surface area contributed by atoms with Crippen molar-refractivity contribution in [3.8, 4) is 0 Å². The van der Waals surface area contributed by atoms with E-state index in [9.17, 15) is 24.6 Å². The van der Waals surface area contributed by atoms with Gasteiger partial charge in [-0.05, 0) is 40.5 Å². The maximum Gasteiger partial charge on any atom is 0.408 e. The zero-order valence-corrected chi connectivity index (χ0v) is 13.0. The van der Waals surface area contributed by atoms with E-state index in [1.807, 2.05) is 0 Å². The first-order valence-electron chi connectivity index (χ1n) is 7.09. The second-order valence-electron chi connectivity index (χ2n) is 6.39. The smallest absolute Gasteiger partial charge is 0.408 e. The summed E-state index contributed by atoms with van der Waals surface area (Å²) in [5.74, 6) is -1.41. The Balaban J connectivity index is 2.81. The Labute approximate surface area is 124 Å². The zero-order chi connectivity index (χ0) is 16.4. The number of Topliss-reactive ketones (excluding diaryl/α,β-unsaturated/α-hetero) is 1. The molecule has 1 aliphatic rings. The van der Waals surface area contributed by atoms with E-state index in [-0.39, 0.29) is 0 Å². The molecule has 0 aromatic rings. The molecule has 0 aromatic heterocycles. The van der Waals surface area contributed by atoms with Gasteiger partial charge in [0.15, 0.2) is 0 Å². The number of likely N-dealkylation sites (tertiary alicyclic amines) is 1. The molecule has 2 N–H and O–H groups in total. The molecular formula is C14H24N2O5. The summed E-state index contributed by atoms with van der Waals surface area (Å²) in [7, 11) is 0. The average Bonchev–Trinajstić information content (AvgIpc) is 2.35. The minimum atomic E-state index is -1.23. The summed E-state index contributed by atoms with van der Waals surface area (Å²) in [5, 5.41) is 18.7. The van der Waals surface area contributed by atoms with Crippen LogP contribution in [-0.4, -0.2) is 68.6 Å². The van der Waals surface area contributed by atoms with E-state index in [0.29, 0.717) is 25.9 Å². The average molecular weight is 300 g/mol. The van der Waals surface area contributed by atoms with E-state index < -0.39 is 35.5 Å². The number of carboxylic acid groups (broad SMARTS) is 1. The van der Waals surface area contributed by atoms with E-state index in [1.165, 1.54) is 11.8 Å². The highest BCUT2D eigenvalue weighted by Crippen LogP contribution is 2.19. The van der Waals surface area contributed by atoms with Crippen molar-refractivity contribution in [3.05, 3.63) is 0 Å². The summed E-state index contributed by atoms with van der Waals surface area (Å²) in [6.45, 7) is 7.09. The number of piperidine rings is 1. The maximum absolute atomic E-state index is 12.3. The van der Waals surface area contributed by atoms with Crippen LogP contribution in [0, 0.1) is 0 Å². The molecule has 0 radical (unpaired) electrons. The molecule has 0 aromatic carbocycles. The highest BCUT2D eigenvalue weighted by Gasteiger charge is 2.38. The third-order valence-corrected chi connectivity index (χ3v) is 3.66. The Morgan fingerprint density at radius 3 is 2.05 bits per heavy atom. The van der Waals surface area contributed by atoms with Crippen molar-refractivity contribution in [3.63, 3.8) is 0 Å². The molecule has 0 aliphatic carbocycles. The fourth-order valence-corrected chi connectivity index (χ4v) is 2.55. The summed E-state index contributed by atoms with van der Waals surface area (Å²) in [5.41, 5.74) is -0.778. The van der Waals surface area contributed by atoms with Crippen LogP contribution in [0.4, 0.5) is 4.79 Å². The molecule has 21 heavy (non-hydrogen) atoms. The molecule has 1 aliphatic heterocycles. The Morgan fingerprint density at radius 2 is 1.67 bits per heavy atom. The van der Waals surface area contributed by atoms with Crippen molar-refractivity contribution in [2.24, 2.45) is 0 Å². The number of nitrogens with zero attached hydrogens (tertiary/aromatic N) is 2. The molecule has 7 heteroatoms. The molecular weight excluding hydrogens is 276 g/mol. The van der Waals surface area contributed by atoms with Crippen LogP contribution in [0.25, 0.3) is 0 Å². The Morgan fingerprint density at radius 1 is 1.19 bits per heavy atom. The lowest BCUT2D eigenvalue weighted by Crippen LogP contribution is -2.56. The normalized spacial score (nSPS) is 18.2. The van der Waals surface area contributed by atoms with Crippen LogP contribution < -0.4 is 0 Å². The summed E-state index contributed by atoms with van der Waals surface area (Å²) in [4.78, 5) is 38.2. The van der Waals surface area contributed by atoms with E-state index in [0.717, 1.165) is 4.90 Å². The lowest BCUT2D eigenvalue weighted by molar-refractivity contribution is -0.148. The van der Waals surface area contributed by atoms with Gasteiger partial charge in [0.25, 0.3) is 5.91 Å². The van der Waals surface area contributed by atoms with Crippen LogP contribution in [0.1, 0.15) is 40.5 Å². The second kappa shape index (κ2) is 6.43. The van der Waals surface area contributed by atoms with E-state index in [2.05, 4.69) is 0 Å². The summed E-state index contributed by atoms with van der Waals surface area (Å²) in [6, 6.07) is -1.04. The lowest BCUT2D eigenvalue weighted by atomic mass is 10.0. The van der Waals surface area contributed by atoms with Crippen LogP contribution in [0.15, 0.2) is 0 Å². The molecule has 1 heterocycles. The molecule has 7 nitrogen and oxygen atoms in total. The molecule has 1 saturated heterocycles. The SMILES string of the molecule is C[C@@H](C(=O)C(=O)N1CCC(O)CC1)N(C(=O)O)C(C)(C)C. The number of amides is 2. The predicted molar refractivity (Wildman–Crippen MR) is 75.9 cm³/mol. The first-order chi connectivity index (χ1) is 9.55. The summed E-state index contributed by atoms with van der Waals surface area (Å²) < 4.78 is 0. The van der Waals surface area contributed by atoms with Gasteiger partial charge in [0.2, 0.25) is 5.78 Å². The van der Waals surface area contributed by atoms with Crippen LogP contribution in [0.3, 0.4) is 0 Å². The van der Waals surface area contributed by atoms with Crippen molar-refractivity contribution >= 4 is 17.8 Å². The standard InChI is InChI=1S/C14H24N2O5/c1-9(16(13(20)21)14(2,3)4)11(18)12(19)15-7-5-10(17)6-8-15/h9-10,17H,5-8H2,1-4H3,(H,20,21)/t9-/m0/s1. The molecule has 0 spiro atoms. The van der Waals surface area contributed by atoms with Crippen LogP contribution >= 0.6 is 0 Å². The first kappa shape index (κ1) is 17.4. The quantitative estimate of drug-likeness (QED) is 0.748. The van der Waals surface area contributed by atoms with Gasteiger partial charge in [0.1, 0.15) is 6.04 Å². The molecule has 1 atom stereocenters. The number of ketones is 1. The van der Waals surface area contributed by atoms with E-state index in [1.54, 1.807) is 20.8 Å². The molecule has 2 amide bonds. The highest BCUT2D eigenvalue weighted by molar-refractivity contribution is 6.38. The molecule has 120 valence electrons. The van der Waals surface area contributed by atoms with Crippen LogP contribution in [-0.2, 0) is 9.59 Å². The highest BCUT2D eigenvalue weighted by atomic mass is 16.4. The number of carbonyl (C=O) groups excluding carboxylic acids is 2.